The van der Waals surface area contributed by atoms with Crippen LogP contribution in [0.2, 0.25) is 0 Å². The highest BCUT2D eigenvalue weighted by atomic mass is 14.1. The molecule has 6 rings (SSSR count). The minimum Gasteiger partial charge on any atom is -0.0683 e. The van der Waals surface area contributed by atoms with E-state index in [1.54, 1.807) is 0 Å². The second-order valence-electron chi connectivity index (χ2n) is 7.90. The Kier molecular flexibility index (Phi) is 6.52. The van der Waals surface area contributed by atoms with Crippen molar-refractivity contribution in [2.45, 2.75) is 27.7 Å². The Bertz CT molecular complexity index is 1450. The van der Waals surface area contributed by atoms with Gasteiger partial charge in [0.15, 0.2) is 0 Å². The van der Waals surface area contributed by atoms with Gasteiger partial charge in [-0.2, -0.15) is 0 Å². The molecule has 6 aromatic rings. The maximum absolute atomic E-state index is 2.26. The molecule has 0 saturated heterocycles. The number of fused-ring (bicyclic) bond motifs is 5. The molecule has 0 aliphatic carbocycles. The Hall–Kier alpha value is -3.64. The zero-order chi connectivity index (χ0) is 22.5. The second-order valence-corrected chi connectivity index (χ2v) is 7.90. The van der Waals surface area contributed by atoms with Gasteiger partial charge in [-0.1, -0.05) is 117 Å². The summed E-state index contributed by atoms with van der Waals surface area (Å²) in [6.45, 7) is 8.37. The molecule has 0 spiro atoms. The van der Waals surface area contributed by atoms with Crippen LogP contribution in [0.15, 0.2) is 109 Å². The lowest BCUT2D eigenvalue weighted by molar-refractivity contribution is 1.50. The zero-order valence-electron chi connectivity index (χ0n) is 19.4. The number of benzene rings is 6. The van der Waals surface area contributed by atoms with E-state index in [0.29, 0.717) is 0 Å². The quantitative estimate of drug-likeness (QED) is 0.171. The Morgan fingerprint density at radius 1 is 0.406 bits per heavy atom. The molecule has 0 nitrogen and oxygen atoms in total. The average molecular weight is 415 g/mol. The third kappa shape index (κ3) is 4.09. The van der Waals surface area contributed by atoms with Crippen LogP contribution in [0, 0.1) is 13.8 Å². The van der Waals surface area contributed by atoms with Gasteiger partial charge in [-0.15, -0.1) is 0 Å². The number of hydrogen-bond donors (Lipinski definition) is 0. The van der Waals surface area contributed by atoms with Crippen molar-refractivity contribution >= 4 is 43.1 Å². The Morgan fingerprint density at radius 3 is 1.50 bits per heavy atom. The van der Waals surface area contributed by atoms with Gasteiger partial charge in [-0.3, -0.25) is 0 Å². The van der Waals surface area contributed by atoms with Crippen LogP contribution in [-0.4, -0.2) is 0 Å². The lowest BCUT2D eigenvalue weighted by atomic mass is 9.98. The van der Waals surface area contributed by atoms with E-state index in [2.05, 4.69) is 123 Å². The molecule has 158 valence electrons. The molecular formula is C32H30. The van der Waals surface area contributed by atoms with E-state index in [4.69, 9.17) is 0 Å². The first-order valence-electron chi connectivity index (χ1n) is 11.5. The summed E-state index contributed by atoms with van der Waals surface area (Å²) in [6.07, 6.45) is 0. The van der Waals surface area contributed by atoms with Crippen molar-refractivity contribution in [3.8, 4) is 0 Å². The number of hydrogen-bond acceptors (Lipinski definition) is 0. The Morgan fingerprint density at radius 2 is 0.875 bits per heavy atom. The smallest absolute Gasteiger partial charge is 0.00761 e. The molecule has 0 fully saturated rings. The van der Waals surface area contributed by atoms with E-state index < -0.39 is 0 Å². The summed E-state index contributed by atoms with van der Waals surface area (Å²) < 4.78 is 0. The first-order valence-corrected chi connectivity index (χ1v) is 11.5. The zero-order valence-corrected chi connectivity index (χ0v) is 19.4. The van der Waals surface area contributed by atoms with E-state index >= 15 is 0 Å². The predicted octanol–water partition coefficient (Wildman–Crippen LogP) is 9.63. The van der Waals surface area contributed by atoms with Crippen LogP contribution in [-0.2, 0) is 0 Å². The molecule has 0 aromatic heterocycles. The average Bonchev–Trinajstić information content (AvgIpc) is 2.86. The molecule has 0 aliphatic heterocycles. The molecule has 6 aromatic carbocycles. The highest BCUT2D eigenvalue weighted by Gasteiger charge is 2.02. The minimum absolute atomic E-state index is 1.32. The molecule has 0 N–H and O–H groups in total. The maximum Gasteiger partial charge on any atom is -0.00761 e. The predicted molar refractivity (Wildman–Crippen MR) is 144 cm³/mol. The topological polar surface area (TPSA) is 0 Å². The standard InChI is InChI=1S/2C15H12.C2H6/c1-11-14-8-4-2-6-12(14)10-13-7-3-5-9-15(11)13;1-11-5-4-7-13-10-9-12-6-2-3-8-14(12)15(11)13;1-2/h2*2-10H,1H3;1-2H3. The van der Waals surface area contributed by atoms with Gasteiger partial charge in [0.2, 0.25) is 0 Å². The van der Waals surface area contributed by atoms with Gasteiger partial charge < -0.3 is 0 Å². The molecule has 0 unspecified atom stereocenters. The van der Waals surface area contributed by atoms with Gasteiger partial charge in [-0.05, 0) is 74.1 Å². The van der Waals surface area contributed by atoms with Crippen molar-refractivity contribution in [1.29, 1.82) is 0 Å². The van der Waals surface area contributed by atoms with Crippen LogP contribution in [0.25, 0.3) is 43.1 Å². The largest absolute Gasteiger partial charge is 0.0683 e. The molecule has 0 amide bonds. The minimum atomic E-state index is 1.32. The summed E-state index contributed by atoms with van der Waals surface area (Å²) in [5.74, 6) is 0. The molecule has 0 radical (unpaired) electrons. The van der Waals surface area contributed by atoms with Crippen molar-refractivity contribution in [3.63, 3.8) is 0 Å². The molecule has 0 heteroatoms. The number of aryl methyl sites for hydroxylation is 2. The SMILES string of the molecule is CC.Cc1c2ccccc2cc2ccccc12.Cc1cccc2ccc3ccccc3c12. The van der Waals surface area contributed by atoms with Crippen LogP contribution >= 0.6 is 0 Å². The Balaban J connectivity index is 0.000000142. The lowest BCUT2D eigenvalue weighted by Crippen LogP contribution is -1.81. The molecule has 0 heterocycles. The summed E-state index contributed by atoms with van der Waals surface area (Å²) in [4.78, 5) is 0. The van der Waals surface area contributed by atoms with Crippen LogP contribution in [0.1, 0.15) is 25.0 Å². The highest BCUT2D eigenvalue weighted by Crippen LogP contribution is 2.28. The van der Waals surface area contributed by atoms with Crippen LogP contribution in [0.4, 0.5) is 0 Å². The molecule has 32 heavy (non-hydrogen) atoms. The summed E-state index contributed by atoms with van der Waals surface area (Å²) in [5, 5.41) is 10.8. The first kappa shape index (κ1) is 21.6. The first-order chi connectivity index (χ1) is 15.7. The van der Waals surface area contributed by atoms with Crippen LogP contribution in [0.5, 0.6) is 0 Å². The highest BCUT2D eigenvalue weighted by molar-refractivity contribution is 6.09. The van der Waals surface area contributed by atoms with Crippen molar-refractivity contribution in [2.24, 2.45) is 0 Å². The molecule has 0 aliphatic rings. The van der Waals surface area contributed by atoms with Crippen molar-refractivity contribution in [2.75, 3.05) is 0 Å². The van der Waals surface area contributed by atoms with E-state index in [0.717, 1.165) is 0 Å². The fourth-order valence-electron chi connectivity index (χ4n) is 4.49. The fraction of sp³-hybridized carbons (Fsp3) is 0.125. The summed E-state index contributed by atoms with van der Waals surface area (Å²) in [6, 6.07) is 38.8. The molecule has 0 atom stereocenters. The van der Waals surface area contributed by atoms with E-state index in [9.17, 15) is 0 Å². The van der Waals surface area contributed by atoms with Crippen LogP contribution < -0.4 is 0 Å². The van der Waals surface area contributed by atoms with Gasteiger partial charge in [0, 0.05) is 0 Å². The van der Waals surface area contributed by atoms with Gasteiger partial charge in [0.05, 0.1) is 0 Å². The summed E-state index contributed by atoms with van der Waals surface area (Å²) >= 11 is 0. The number of rotatable bonds is 0. The molecule has 0 bridgehead atoms. The van der Waals surface area contributed by atoms with Crippen molar-refractivity contribution in [3.05, 3.63) is 120 Å². The van der Waals surface area contributed by atoms with Gasteiger partial charge in [0.1, 0.15) is 0 Å². The summed E-state index contributed by atoms with van der Waals surface area (Å²) in [7, 11) is 0. The van der Waals surface area contributed by atoms with Crippen molar-refractivity contribution < 1.29 is 0 Å². The van der Waals surface area contributed by atoms with E-state index in [-0.39, 0.29) is 0 Å². The third-order valence-electron chi connectivity index (χ3n) is 6.02. The summed E-state index contributed by atoms with van der Waals surface area (Å²) in [5.41, 5.74) is 2.73. The maximum atomic E-state index is 2.26. The lowest BCUT2D eigenvalue weighted by Gasteiger charge is -2.06. The second kappa shape index (κ2) is 9.66. The normalized spacial score (nSPS) is 10.5. The monoisotopic (exact) mass is 414 g/mol. The van der Waals surface area contributed by atoms with E-state index in [1.165, 1.54) is 54.2 Å². The molecular weight excluding hydrogens is 384 g/mol. The van der Waals surface area contributed by atoms with Crippen molar-refractivity contribution in [1.82, 2.24) is 0 Å². The van der Waals surface area contributed by atoms with Gasteiger partial charge in [0.25, 0.3) is 0 Å². The molecule has 0 saturated carbocycles. The van der Waals surface area contributed by atoms with E-state index in [1.807, 2.05) is 13.8 Å². The fourth-order valence-corrected chi connectivity index (χ4v) is 4.49. The third-order valence-corrected chi connectivity index (χ3v) is 6.02. The van der Waals surface area contributed by atoms with Crippen LogP contribution in [0.3, 0.4) is 0 Å². The Labute approximate surface area is 191 Å². The van der Waals surface area contributed by atoms with Gasteiger partial charge >= 0.3 is 0 Å². The van der Waals surface area contributed by atoms with Gasteiger partial charge in [-0.25, -0.2) is 0 Å².